The highest BCUT2D eigenvalue weighted by molar-refractivity contribution is 5.94. The fourth-order valence-corrected chi connectivity index (χ4v) is 2.49. The Labute approximate surface area is 126 Å². The quantitative estimate of drug-likeness (QED) is 0.926. The van der Waals surface area contributed by atoms with Crippen molar-refractivity contribution < 1.29 is 19.2 Å². The highest BCUT2D eigenvalue weighted by Crippen LogP contribution is 2.31. The number of aliphatic carboxylic acids is 1. The largest absolute Gasteiger partial charge is 0.481 e. The van der Waals surface area contributed by atoms with Crippen molar-refractivity contribution in [2.45, 2.75) is 13.3 Å². The van der Waals surface area contributed by atoms with Gasteiger partial charge in [-0.15, -0.1) is 0 Å². The number of amides is 1. The average molecular weight is 301 g/mol. The van der Waals surface area contributed by atoms with Crippen LogP contribution in [0, 0.1) is 5.41 Å². The fraction of sp³-hybridized carbons (Fsp3) is 0.333. The van der Waals surface area contributed by atoms with Crippen molar-refractivity contribution in [1.29, 1.82) is 0 Å². The van der Waals surface area contributed by atoms with Gasteiger partial charge in [-0.25, -0.2) is 0 Å². The molecule has 7 nitrogen and oxygen atoms in total. The molecule has 0 saturated carbocycles. The van der Waals surface area contributed by atoms with E-state index in [-0.39, 0.29) is 18.1 Å². The van der Waals surface area contributed by atoms with Crippen LogP contribution < -0.4 is 0 Å². The molecule has 7 heteroatoms. The summed E-state index contributed by atoms with van der Waals surface area (Å²) in [4.78, 5) is 29.1. The molecular weight excluding hydrogens is 286 g/mol. The molecule has 1 atom stereocenters. The number of carbonyl (C=O) groups excluding carboxylic acids is 1. The second kappa shape index (κ2) is 5.25. The summed E-state index contributed by atoms with van der Waals surface area (Å²) in [6, 6.07) is 5.12. The predicted molar refractivity (Wildman–Crippen MR) is 76.0 cm³/mol. The summed E-state index contributed by atoms with van der Waals surface area (Å²) in [5.74, 6) is -0.750. The van der Waals surface area contributed by atoms with Gasteiger partial charge in [-0.1, -0.05) is 5.16 Å². The first-order valence-corrected chi connectivity index (χ1v) is 6.89. The molecule has 3 rings (SSSR count). The number of carboxylic acids is 1. The first-order chi connectivity index (χ1) is 10.5. The first-order valence-electron chi connectivity index (χ1n) is 6.89. The topological polar surface area (TPSA) is 96.5 Å². The van der Waals surface area contributed by atoms with Crippen molar-refractivity contribution >= 4 is 11.9 Å². The summed E-state index contributed by atoms with van der Waals surface area (Å²) < 4.78 is 5.18. The van der Waals surface area contributed by atoms with Gasteiger partial charge in [-0.2, -0.15) is 0 Å². The lowest BCUT2D eigenvalue weighted by Gasteiger charge is -2.19. The molecule has 1 aliphatic heterocycles. The minimum absolute atomic E-state index is 0.175. The van der Waals surface area contributed by atoms with E-state index >= 15 is 0 Å². The number of carboxylic acid groups (broad SMARTS) is 1. The molecule has 1 aliphatic rings. The number of rotatable bonds is 3. The normalized spacial score (nSPS) is 21.0. The van der Waals surface area contributed by atoms with Crippen molar-refractivity contribution in [2.75, 3.05) is 13.1 Å². The van der Waals surface area contributed by atoms with E-state index in [1.807, 2.05) is 0 Å². The lowest BCUT2D eigenvalue weighted by atomic mass is 9.90. The van der Waals surface area contributed by atoms with E-state index in [0.717, 1.165) is 5.56 Å². The van der Waals surface area contributed by atoms with Crippen LogP contribution in [-0.2, 0) is 4.79 Å². The van der Waals surface area contributed by atoms with Gasteiger partial charge in [0.05, 0.1) is 5.41 Å². The van der Waals surface area contributed by atoms with Crippen LogP contribution in [0.15, 0.2) is 35.1 Å². The number of hydrogen-bond donors (Lipinski definition) is 1. The van der Waals surface area contributed by atoms with Crippen LogP contribution in [0.5, 0.6) is 0 Å². The molecule has 1 unspecified atom stereocenters. The molecule has 2 aromatic heterocycles. The number of hydrogen-bond acceptors (Lipinski definition) is 5. The smallest absolute Gasteiger partial charge is 0.311 e. The zero-order chi connectivity index (χ0) is 15.7. The summed E-state index contributed by atoms with van der Waals surface area (Å²) in [6.07, 6.45) is 3.69. The summed E-state index contributed by atoms with van der Waals surface area (Å²) >= 11 is 0. The van der Waals surface area contributed by atoms with Crippen molar-refractivity contribution in [2.24, 2.45) is 5.41 Å². The number of pyridine rings is 1. The lowest BCUT2D eigenvalue weighted by Crippen LogP contribution is -2.35. The number of likely N-dealkylation sites (tertiary alicyclic amines) is 1. The summed E-state index contributed by atoms with van der Waals surface area (Å²) in [6.45, 7) is 2.22. The summed E-state index contributed by atoms with van der Waals surface area (Å²) in [7, 11) is 0. The fourth-order valence-electron chi connectivity index (χ4n) is 2.49. The van der Waals surface area contributed by atoms with E-state index in [1.54, 1.807) is 37.5 Å². The molecule has 22 heavy (non-hydrogen) atoms. The molecular formula is C15H15N3O4. The molecule has 1 saturated heterocycles. The van der Waals surface area contributed by atoms with E-state index < -0.39 is 11.4 Å². The van der Waals surface area contributed by atoms with Gasteiger partial charge >= 0.3 is 5.97 Å². The highest BCUT2D eigenvalue weighted by Gasteiger charge is 2.42. The molecule has 3 heterocycles. The third kappa shape index (κ3) is 2.45. The Hall–Kier alpha value is -2.70. The molecule has 0 spiro atoms. The number of aromatic nitrogens is 2. The van der Waals surface area contributed by atoms with Gasteiger partial charge in [0.25, 0.3) is 5.91 Å². The molecule has 1 N–H and O–H groups in total. The SMILES string of the molecule is CC1(C(=O)O)CCN(C(=O)c2cc(-c3cccnc3)on2)C1. The third-order valence-electron chi connectivity index (χ3n) is 3.95. The van der Waals surface area contributed by atoms with Crippen LogP contribution in [0.4, 0.5) is 0 Å². The molecule has 0 aromatic carbocycles. The lowest BCUT2D eigenvalue weighted by molar-refractivity contribution is -0.147. The third-order valence-corrected chi connectivity index (χ3v) is 3.95. The van der Waals surface area contributed by atoms with Crippen LogP contribution in [0.2, 0.25) is 0 Å². The maximum absolute atomic E-state index is 12.4. The molecule has 1 amide bonds. The van der Waals surface area contributed by atoms with Crippen molar-refractivity contribution in [3.63, 3.8) is 0 Å². The van der Waals surface area contributed by atoms with E-state index in [0.29, 0.717) is 18.7 Å². The summed E-state index contributed by atoms with van der Waals surface area (Å²) in [5.41, 5.74) is 0.00492. The average Bonchev–Trinajstić information content (AvgIpc) is 3.15. The maximum atomic E-state index is 12.4. The second-order valence-electron chi connectivity index (χ2n) is 5.66. The van der Waals surface area contributed by atoms with Crippen molar-refractivity contribution in [3.8, 4) is 11.3 Å². The van der Waals surface area contributed by atoms with Crippen LogP contribution in [-0.4, -0.2) is 45.1 Å². The zero-order valence-electron chi connectivity index (χ0n) is 12.0. The highest BCUT2D eigenvalue weighted by atomic mass is 16.5. The molecule has 2 aromatic rings. The predicted octanol–water partition coefficient (Wildman–Crippen LogP) is 1.67. The van der Waals surface area contributed by atoms with E-state index in [4.69, 9.17) is 4.52 Å². The van der Waals surface area contributed by atoms with Crippen LogP contribution in [0.3, 0.4) is 0 Å². The van der Waals surface area contributed by atoms with Crippen LogP contribution in [0.25, 0.3) is 11.3 Å². The Balaban J connectivity index is 1.77. The zero-order valence-corrected chi connectivity index (χ0v) is 12.0. The van der Waals surface area contributed by atoms with Gasteiger partial charge in [-0.05, 0) is 25.5 Å². The Morgan fingerprint density at radius 3 is 2.91 bits per heavy atom. The van der Waals surface area contributed by atoms with Gasteiger partial charge in [-0.3, -0.25) is 14.6 Å². The minimum atomic E-state index is -0.897. The Morgan fingerprint density at radius 2 is 2.27 bits per heavy atom. The van der Waals surface area contributed by atoms with E-state index in [2.05, 4.69) is 10.1 Å². The van der Waals surface area contributed by atoms with E-state index in [9.17, 15) is 14.7 Å². The molecule has 114 valence electrons. The molecule has 0 bridgehead atoms. The Morgan fingerprint density at radius 1 is 1.45 bits per heavy atom. The van der Waals surface area contributed by atoms with Gasteiger partial charge in [0.1, 0.15) is 0 Å². The van der Waals surface area contributed by atoms with Crippen LogP contribution >= 0.6 is 0 Å². The van der Waals surface area contributed by atoms with Crippen molar-refractivity contribution in [1.82, 2.24) is 15.0 Å². The Kier molecular flexibility index (Phi) is 3.40. The molecule has 1 fully saturated rings. The second-order valence-corrected chi connectivity index (χ2v) is 5.66. The van der Waals surface area contributed by atoms with Crippen molar-refractivity contribution in [3.05, 3.63) is 36.3 Å². The number of nitrogens with zero attached hydrogens (tertiary/aromatic N) is 3. The summed E-state index contributed by atoms with van der Waals surface area (Å²) in [5, 5.41) is 13.0. The number of carbonyl (C=O) groups is 2. The minimum Gasteiger partial charge on any atom is -0.481 e. The first kappa shape index (κ1) is 14.2. The van der Waals surface area contributed by atoms with Gasteiger partial charge in [0.2, 0.25) is 0 Å². The van der Waals surface area contributed by atoms with E-state index in [1.165, 1.54) is 4.90 Å². The maximum Gasteiger partial charge on any atom is 0.311 e. The Bertz CT molecular complexity index is 713. The van der Waals surface area contributed by atoms with Crippen LogP contribution in [0.1, 0.15) is 23.8 Å². The van der Waals surface area contributed by atoms with Gasteiger partial charge < -0.3 is 14.5 Å². The molecule has 0 radical (unpaired) electrons. The molecule has 0 aliphatic carbocycles. The van der Waals surface area contributed by atoms with Gasteiger partial charge in [0, 0.05) is 37.1 Å². The van der Waals surface area contributed by atoms with Gasteiger partial charge in [0.15, 0.2) is 11.5 Å². The monoisotopic (exact) mass is 301 g/mol. The standard InChI is InChI=1S/C15H15N3O4/c1-15(14(20)21)4-6-18(9-15)13(19)11-7-12(22-17-11)10-3-2-5-16-8-10/h2-3,5,7-8H,4,6,9H2,1H3,(H,20,21).